The van der Waals surface area contributed by atoms with E-state index < -0.39 is 35.7 Å². The number of benzene rings is 3. The lowest BCUT2D eigenvalue weighted by Crippen LogP contribution is -2.52. The highest BCUT2D eigenvalue weighted by Gasteiger charge is 2.27. The molecule has 0 aliphatic heterocycles. The number of amides is 2. The summed E-state index contributed by atoms with van der Waals surface area (Å²) in [6.07, 6.45) is -0.0428. The highest BCUT2D eigenvalue weighted by atomic mass is 19.1. The minimum Gasteiger partial charge on any atom is -0.480 e. The van der Waals surface area contributed by atoms with Crippen LogP contribution < -0.4 is 10.6 Å². The van der Waals surface area contributed by atoms with Crippen molar-refractivity contribution >= 4 is 17.8 Å². The van der Waals surface area contributed by atoms with E-state index in [2.05, 4.69) is 10.6 Å². The standard InChI is InChI=1S/C26H25FN2O4/c1-17(30)28-23(16-21-9-5-6-10-22(21)27)25(31)29-24(26(32)33)15-18-11-13-20(14-12-18)19-7-3-2-4-8-19/h2-14,23-24H,15-16H2,1H3,(H,28,30)(H,29,31)(H,32,33)/t23-,24-/m0/s1. The number of carboxylic acid groups (broad SMARTS) is 1. The van der Waals surface area contributed by atoms with Crippen LogP contribution in [0, 0.1) is 5.82 Å². The van der Waals surface area contributed by atoms with Crippen molar-refractivity contribution in [3.8, 4) is 11.1 Å². The number of hydrogen-bond donors (Lipinski definition) is 3. The van der Waals surface area contributed by atoms with Gasteiger partial charge < -0.3 is 15.7 Å². The first-order chi connectivity index (χ1) is 15.8. The molecule has 0 aromatic heterocycles. The molecule has 0 fully saturated rings. The lowest BCUT2D eigenvalue weighted by atomic mass is 10.00. The smallest absolute Gasteiger partial charge is 0.326 e. The van der Waals surface area contributed by atoms with Crippen molar-refractivity contribution in [3.05, 3.63) is 95.8 Å². The van der Waals surface area contributed by atoms with Crippen molar-refractivity contribution < 1.29 is 23.9 Å². The zero-order chi connectivity index (χ0) is 23.8. The van der Waals surface area contributed by atoms with Crippen molar-refractivity contribution in [3.63, 3.8) is 0 Å². The molecule has 6 nitrogen and oxygen atoms in total. The van der Waals surface area contributed by atoms with E-state index in [0.29, 0.717) is 0 Å². The van der Waals surface area contributed by atoms with Crippen LogP contribution in [0.15, 0.2) is 78.9 Å². The Hall–Kier alpha value is -4.00. The quantitative estimate of drug-likeness (QED) is 0.468. The third-order valence-corrected chi connectivity index (χ3v) is 5.19. The summed E-state index contributed by atoms with van der Waals surface area (Å²) < 4.78 is 14.0. The molecule has 0 spiro atoms. The zero-order valence-corrected chi connectivity index (χ0v) is 18.1. The number of aliphatic carboxylic acids is 1. The molecule has 3 rings (SSSR count). The molecule has 0 aliphatic carbocycles. The van der Waals surface area contributed by atoms with Gasteiger partial charge in [-0.15, -0.1) is 0 Å². The molecule has 170 valence electrons. The van der Waals surface area contributed by atoms with Crippen LogP contribution in [0.3, 0.4) is 0 Å². The summed E-state index contributed by atoms with van der Waals surface area (Å²) in [4.78, 5) is 36.2. The monoisotopic (exact) mass is 448 g/mol. The van der Waals surface area contributed by atoms with Crippen LogP contribution in [0.2, 0.25) is 0 Å². The molecule has 0 radical (unpaired) electrons. The predicted molar refractivity (Wildman–Crippen MR) is 123 cm³/mol. The van der Waals surface area contributed by atoms with Gasteiger partial charge in [0.1, 0.15) is 17.9 Å². The van der Waals surface area contributed by atoms with Gasteiger partial charge in [-0.3, -0.25) is 9.59 Å². The van der Waals surface area contributed by atoms with E-state index in [9.17, 15) is 23.9 Å². The Morgan fingerprint density at radius 1 is 0.788 bits per heavy atom. The van der Waals surface area contributed by atoms with Gasteiger partial charge in [-0.1, -0.05) is 72.8 Å². The fourth-order valence-electron chi connectivity index (χ4n) is 3.51. The molecule has 33 heavy (non-hydrogen) atoms. The Kier molecular flexibility index (Phi) is 7.91. The fraction of sp³-hybridized carbons (Fsp3) is 0.192. The van der Waals surface area contributed by atoms with Crippen molar-refractivity contribution in [1.29, 1.82) is 0 Å². The number of rotatable bonds is 9. The molecule has 3 aromatic rings. The van der Waals surface area contributed by atoms with Crippen LogP contribution in [-0.4, -0.2) is 35.0 Å². The van der Waals surface area contributed by atoms with E-state index in [1.807, 2.05) is 54.6 Å². The lowest BCUT2D eigenvalue weighted by Gasteiger charge is -2.21. The van der Waals surface area contributed by atoms with Gasteiger partial charge in [0.15, 0.2) is 0 Å². The molecule has 2 atom stereocenters. The highest BCUT2D eigenvalue weighted by molar-refractivity contribution is 5.90. The first-order valence-electron chi connectivity index (χ1n) is 10.5. The predicted octanol–water partition coefficient (Wildman–Crippen LogP) is 3.35. The molecule has 2 amide bonds. The van der Waals surface area contributed by atoms with E-state index >= 15 is 0 Å². The number of carbonyl (C=O) groups is 3. The Balaban J connectivity index is 1.71. The van der Waals surface area contributed by atoms with Gasteiger partial charge in [-0.05, 0) is 28.3 Å². The number of hydrogen-bond acceptors (Lipinski definition) is 3. The van der Waals surface area contributed by atoms with Gasteiger partial charge in [0.2, 0.25) is 11.8 Å². The largest absolute Gasteiger partial charge is 0.480 e. The van der Waals surface area contributed by atoms with Gasteiger partial charge >= 0.3 is 5.97 Å². The maximum Gasteiger partial charge on any atom is 0.326 e. The summed E-state index contributed by atoms with van der Waals surface area (Å²) in [5.74, 6) is -2.88. The molecule has 7 heteroatoms. The van der Waals surface area contributed by atoms with Crippen LogP contribution in [0.25, 0.3) is 11.1 Å². The summed E-state index contributed by atoms with van der Waals surface area (Å²) in [7, 11) is 0. The normalized spacial score (nSPS) is 12.4. The fourth-order valence-corrected chi connectivity index (χ4v) is 3.51. The lowest BCUT2D eigenvalue weighted by molar-refractivity contribution is -0.142. The molecular weight excluding hydrogens is 423 g/mol. The summed E-state index contributed by atoms with van der Waals surface area (Å²) >= 11 is 0. The van der Waals surface area contributed by atoms with E-state index in [1.165, 1.54) is 25.1 Å². The van der Waals surface area contributed by atoms with Gasteiger partial charge in [0, 0.05) is 19.8 Å². The molecule has 0 bridgehead atoms. The first kappa shape index (κ1) is 23.7. The average molecular weight is 448 g/mol. The first-order valence-corrected chi connectivity index (χ1v) is 10.5. The second kappa shape index (κ2) is 11.0. The third-order valence-electron chi connectivity index (χ3n) is 5.19. The summed E-state index contributed by atoms with van der Waals surface area (Å²) in [6, 6.07) is 20.8. The molecular formula is C26H25FN2O4. The van der Waals surface area contributed by atoms with Crippen molar-refractivity contribution in [2.45, 2.75) is 31.8 Å². The van der Waals surface area contributed by atoms with E-state index in [4.69, 9.17) is 0 Å². The van der Waals surface area contributed by atoms with Crippen LogP contribution in [-0.2, 0) is 27.2 Å². The number of nitrogens with one attached hydrogen (secondary N) is 2. The minimum absolute atomic E-state index is 0.0582. The second-order valence-electron chi connectivity index (χ2n) is 7.72. The van der Waals surface area contributed by atoms with Crippen molar-refractivity contribution in [1.82, 2.24) is 10.6 Å². The van der Waals surface area contributed by atoms with Crippen molar-refractivity contribution in [2.75, 3.05) is 0 Å². The third kappa shape index (κ3) is 6.74. The molecule has 0 saturated carbocycles. The molecule has 0 aliphatic rings. The summed E-state index contributed by atoms with van der Waals surface area (Å²) in [6.45, 7) is 1.24. The molecule has 0 heterocycles. The van der Waals surface area contributed by atoms with E-state index in [0.717, 1.165) is 16.7 Å². The topological polar surface area (TPSA) is 95.5 Å². The highest BCUT2D eigenvalue weighted by Crippen LogP contribution is 2.20. The summed E-state index contributed by atoms with van der Waals surface area (Å²) in [5, 5.41) is 14.6. The maximum atomic E-state index is 14.0. The van der Waals surface area contributed by atoms with Crippen molar-refractivity contribution in [2.24, 2.45) is 0 Å². The van der Waals surface area contributed by atoms with Crippen LogP contribution in [0.4, 0.5) is 4.39 Å². The van der Waals surface area contributed by atoms with E-state index in [-0.39, 0.29) is 18.4 Å². The van der Waals surface area contributed by atoms with Crippen LogP contribution in [0.5, 0.6) is 0 Å². The molecule has 0 saturated heterocycles. The Morgan fingerprint density at radius 3 is 2.00 bits per heavy atom. The van der Waals surface area contributed by atoms with Gasteiger partial charge in [-0.2, -0.15) is 0 Å². The number of carbonyl (C=O) groups excluding carboxylic acids is 2. The zero-order valence-electron chi connectivity index (χ0n) is 18.1. The number of carboxylic acids is 1. The van der Waals surface area contributed by atoms with E-state index in [1.54, 1.807) is 6.07 Å². The molecule has 0 unspecified atom stereocenters. The van der Waals surface area contributed by atoms with Crippen LogP contribution >= 0.6 is 0 Å². The maximum absolute atomic E-state index is 14.0. The Morgan fingerprint density at radius 2 is 1.39 bits per heavy atom. The Bertz CT molecular complexity index is 1120. The summed E-state index contributed by atoms with van der Waals surface area (Å²) in [5.41, 5.74) is 3.01. The number of halogens is 1. The molecule has 3 aromatic carbocycles. The second-order valence-corrected chi connectivity index (χ2v) is 7.72. The average Bonchev–Trinajstić information content (AvgIpc) is 2.80. The molecule has 3 N–H and O–H groups in total. The van der Waals surface area contributed by atoms with Gasteiger partial charge in [-0.25, -0.2) is 9.18 Å². The minimum atomic E-state index is -1.21. The van der Waals surface area contributed by atoms with Gasteiger partial charge in [0.05, 0.1) is 0 Å². The van der Waals surface area contributed by atoms with Gasteiger partial charge in [0.25, 0.3) is 0 Å². The van der Waals surface area contributed by atoms with Crippen LogP contribution in [0.1, 0.15) is 18.1 Å². The Labute approximate surface area is 191 Å². The SMILES string of the molecule is CC(=O)N[C@@H](Cc1ccccc1F)C(=O)N[C@@H](Cc1ccc(-c2ccccc2)cc1)C(=O)O.